The van der Waals surface area contributed by atoms with E-state index >= 15 is 0 Å². The number of piperidine rings is 1. The molecular formula is C20H25FN4O2. The predicted octanol–water partition coefficient (Wildman–Crippen LogP) is 2.10. The van der Waals surface area contributed by atoms with E-state index in [1.165, 1.54) is 36.3 Å². The van der Waals surface area contributed by atoms with Crippen molar-refractivity contribution >= 4 is 11.9 Å². The molecule has 1 unspecified atom stereocenters. The number of likely N-dealkylation sites (N-methyl/N-ethyl adjacent to an activating group) is 1. The summed E-state index contributed by atoms with van der Waals surface area (Å²) in [5.41, 5.74) is 1.87. The van der Waals surface area contributed by atoms with Crippen LogP contribution in [0.5, 0.6) is 0 Å². The zero-order chi connectivity index (χ0) is 19.0. The highest BCUT2D eigenvalue weighted by Crippen LogP contribution is 2.35. The lowest BCUT2D eigenvalue weighted by atomic mass is 9.96. The fourth-order valence-electron chi connectivity index (χ4n) is 4.19. The fraction of sp³-hybridized carbons (Fsp3) is 0.500. The van der Waals surface area contributed by atoms with E-state index in [0.717, 1.165) is 25.3 Å². The molecule has 1 atom stereocenters. The van der Waals surface area contributed by atoms with Gasteiger partial charge in [-0.15, -0.1) is 0 Å². The molecule has 0 saturated carbocycles. The number of hydrogen-bond acceptors (Lipinski definition) is 3. The zero-order valence-electron chi connectivity index (χ0n) is 15.6. The summed E-state index contributed by atoms with van der Waals surface area (Å²) in [6.07, 6.45) is 3.71. The van der Waals surface area contributed by atoms with Gasteiger partial charge in [0.05, 0.1) is 23.9 Å². The summed E-state index contributed by atoms with van der Waals surface area (Å²) in [6, 6.07) is 5.21. The van der Waals surface area contributed by atoms with Gasteiger partial charge in [-0.05, 0) is 43.6 Å². The molecule has 27 heavy (non-hydrogen) atoms. The molecule has 4 rings (SSSR count). The number of halogens is 1. The van der Waals surface area contributed by atoms with Gasteiger partial charge in [0.2, 0.25) is 0 Å². The second-order valence-corrected chi connectivity index (χ2v) is 7.49. The van der Waals surface area contributed by atoms with Gasteiger partial charge in [-0.2, -0.15) is 0 Å². The zero-order valence-corrected chi connectivity index (χ0v) is 15.6. The minimum atomic E-state index is -0.605. The average molecular weight is 372 g/mol. The molecule has 3 heterocycles. The minimum absolute atomic E-state index is 0.0666. The average Bonchev–Trinajstić information content (AvgIpc) is 3.01. The van der Waals surface area contributed by atoms with Gasteiger partial charge < -0.3 is 15.1 Å². The predicted molar refractivity (Wildman–Crippen MR) is 99.3 cm³/mol. The number of likely N-dealkylation sites (tertiary alicyclic amines) is 1. The summed E-state index contributed by atoms with van der Waals surface area (Å²) >= 11 is 0. The van der Waals surface area contributed by atoms with Gasteiger partial charge in [-0.3, -0.25) is 9.69 Å². The van der Waals surface area contributed by atoms with Gasteiger partial charge in [-0.25, -0.2) is 9.18 Å². The van der Waals surface area contributed by atoms with E-state index in [9.17, 15) is 14.0 Å². The van der Waals surface area contributed by atoms with E-state index in [0.29, 0.717) is 24.2 Å². The molecule has 1 N–H and O–H groups in total. The fourth-order valence-corrected chi connectivity index (χ4v) is 4.19. The van der Waals surface area contributed by atoms with E-state index in [-0.39, 0.29) is 17.8 Å². The Bertz CT molecular complexity index is 788. The number of amides is 3. The Kier molecular flexibility index (Phi) is 4.86. The second-order valence-electron chi connectivity index (χ2n) is 7.49. The third-order valence-corrected chi connectivity index (χ3v) is 5.75. The third-order valence-electron chi connectivity index (χ3n) is 5.75. The highest BCUT2D eigenvalue weighted by Gasteiger charge is 2.42. The Hall–Kier alpha value is -2.41. The van der Waals surface area contributed by atoms with Crippen molar-refractivity contribution in [3.05, 3.63) is 46.9 Å². The Morgan fingerprint density at radius 1 is 1.15 bits per heavy atom. The van der Waals surface area contributed by atoms with Gasteiger partial charge in [-0.1, -0.05) is 18.6 Å². The number of nitrogens with one attached hydrogen (secondary N) is 1. The molecule has 7 heteroatoms. The van der Waals surface area contributed by atoms with Gasteiger partial charge in [0.25, 0.3) is 5.91 Å². The number of hydrogen-bond donors (Lipinski definition) is 1. The van der Waals surface area contributed by atoms with Crippen molar-refractivity contribution in [2.24, 2.45) is 0 Å². The van der Waals surface area contributed by atoms with Crippen LogP contribution in [0.3, 0.4) is 0 Å². The van der Waals surface area contributed by atoms with Crippen LogP contribution in [0.15, 0.2) is 35.5 Å². The SMILES string of the molecule is CN1C(=O)NC(c2cccc(F)c2)C2=C1CN(CCN1CCCCC1)C2=O. The molecule has 6 nitrogen and oxygen atoms in total. The summed E-state index contributed by atoms with van der Waals surface area (Å²) in [7, 11) is 1.67. The Balaban J connectivity index is 1.54. The highest BCUT2D eigenvalue weighted by molar-refractivity contribution is 6.01. The molecule has 1 fully saturated rings. The van der Waals surface area contributed by atoms with Crippen molar-refractivity contribution in [1.29, 1.82) is 0 Å². The number of urea groups is 1. The first-order valence-electron chi connectivity index (χ1n) is 9.59. The number of carbonyl (C=O) groups excluding carboxylic acids is 2. The van der Waals surface area contributed by atoms with E-state index in [1.54, 1.807) is 19.2 Å². The maximum absolute atomic E-state index is 13.7. The van der Waals surface area contributed by atoms with E-state index in [1.807, 2.05) is 4.90 Å². The van der Waals surface area contributed by atoms with Crippen LogP contribution in [0.2, 0.25) is 0 Å². The molecule has 144 valence electrons. The number of nitrogens with zero attached hydrogens (tertiary/aromatic N) is 3. The monoisotopic (exact) mass is 372 g/mol. The van der Waals surface area contributed by atoms with E-state index < -0.39 is 6.04 Å². The summed E-state index contributed by atoms with van der Waals surface area (Å²) in [5, 5.41) is 2.84. The topological polar surface area (TPSA) is 55.9 Å². The molecule has 1 aromatic carbocycles. The lowest BCUT2D eigenvalue weighted by molar-refractivity contribution is -0.126. The molecule has 0 radical (unpaired) electrons. The van der Waals surface area contributed by atoms with Crippen LogP contribution in [0.1, 0.15) is 30.9 Å². The maximum atomic E-state index is 13.7. The largest absolute Gasteiger partial charge is 0.332 e. The van der Waals surface area contributed by atoms with Crippen molar-refractivity contribution in [2.45, 2.75) is 25.3 Å². The Morgan fingerprint density at radius 2 is 1.93 bits per heavy atom. The normalized spacial score (nSPS) is 23.7. The van der Waals surface area contributed by atoms with Crippen LogP contribution in [0, 0.1) is 5.82 Å². The highest BCUT2D eigenvalue weighted by atomic mass is 19.1. The standard InChI is InChI=1S/C20H25FN4O2/c1-23-16-13-25(11-10-24-8-3-2-4-9-24)19(26)17(16)18(22-20(23)27)14-6-5-7-15(21)12-14/h5-7,12,18H,2-4,8-11,13H2,1H3,(H,22,27). The van der Waals surface area contributed by atoms with Crippen LogP contribution in [0.4, 0.5) is 9.18 Å². The molecule has 1 aromatic rings. The van der Waals surface area contributed by atoms with Crippen molar-refractivity contribution in [1.82, 2.24) is 20.0 Å². The molecule has 0 bridgehead atoms. The quantitative estimate of drug-likeness (QED) is 0.881. The number of carbonyl (C=O) groups is 2. The van der Waals surface area contributed by atoms with Crippen molar-refractivity contribution < 1.29 is 14.0 Å². The smallest absolute Gasteiger partial charge is 0.322 e. The number of rotatable bonds is 4. The molecule has 0 spiro atoms. The summed E-state index contributed by atoms with van der Waals surface area (Å²) in [5.74, 6) is -0.446. The van der Waals surface area contributed by atoms with Crippen LogP contribution < -0.4 is 5.32 Å². The summed E-state index contributed by atoms with van der Waals surface area (Å²) in [6.45, 7) is 4.09. The molecule has 3 aliphatic rings. The molecular weight excluding hydrogens is 347 g/mol. The second kappa shape index (κ2) is 7.31. The van der Waals surface area contributed by atoms with E-state index in [2.05, 4.69) is 10.2 Å². The first-order chi connectivity index (χ1) is 13.0. The van der Waals surface area contributed by atoms with Crippen LogP contribution >= 0.6 is 0 Å². The minimum Gasteiger partial charge on any atom is -0.332 e. The van der Waals surface area contributed by atoms with E-state index in [4.69, 9.17) is 0 Å². The molecule has 0 aliphatic carbocycles. The summed E-state index contributed by atoms with van der Waals surface area (Å²) < 4.78 is 13.7. The Labute approximate surface area is 158 Å². The molecule has 3 aliphatic heterocycles. The molecule has 0 aromatic heterocycles. The Morgan fingerprint density at radius 3 is 2.67 bits per heavy atom. The first-order valence-corrected chi connectivity index (χ1v) is 9.59. The molecule has 1 saturated heterocycles. The van der Waals surface area contributed by atoms with Gasteiger partial charge >= 0.3 is 6.03 Å². The third kappa shape index (κ3) is 3.43. The molecule has 3 amide bonds. The van der Waals surface area contributed by atoms with Gasteiger partial charge in [0, 0.05) is 20.1 Å². The lowest BCUT2D eigenvalue weighted by Gasteiger charge is -2.31. The van der Waals surface area contributed by atoms with Crippen LogP contribution in [-0.2, 0) is 4.79 Å². The van der Waals surface area contributed by atoms with Crippen LogP contribution in [-0.4, -0.2) is 66.4 Å². The number of benzene rings is 1. The van der Waals surface area contributed by atoms with Crippen molar-refractivity contribution in [3.8, 4) is 0 Å². The van der Waals surface area contributed by atoms with Crippen molar-refractivity contribution in [2.75, 3.05) is 39.8 Å². The maximum Gasteiger partial charge on any atom is 0.322 e. The van der Waals surface area contributed by atoms with Crippen molar-refractivity contribution in [3.63, 3.8) is 0 Å². The lowest BCUT2D eigenvalue weighted by Crippen LogP contribution is -2.45. The van der Waals surface area contributed by atoms with Gasteiger partial charge in [0.15, 0.2) is 0 Å². The summed E-state index contributed by atoms with van der Waals surface area (Å²) in [4.78, 5) is 31.2. The van der Waals surface area contributed by atoms with Gasteiger partial charge in [0.1, 0.15) is 5.82 Å². The van der Waals surface area contributed by atoms with Crippen LogP contribution in [0.25, 0.3) is 0 Å². The first kappa shape index (κ1) is 18.0.